The quantitative estimate of drug-likeness (QED) is 0.294. The van der Waals surface area contributed by atoms with Gasteiger partial charge < -0.3 is 0 Å². The van der Waals surface area contributed by atoms with Crippen molar-refractivity contribution in [3.05, 3.63) is 90.0 Å². The van der Waals surface area contributed by atoms with Gasteiger partial charge in [0, 0.05) is 16.3 Å². The Kier molecular flexibility index (Phi) is 3.91. The van der Waals surface area contributed by atoms with Crippen LogP contribution in [0.2, 0.25) is 0 Å². The Hall–Kier alpha value is -3.19. The lowest BCUT2D eigenvalue weighted by molar-refractivity contribution is 0.873. The van der Waals surface area contributed by atoms with E-state index in [4.69, 9.17) is 4.98 Å². The number of aromatic nitrogens is 1. The second-order valence-corrected chi connectivity index (χ2v) is 7.88. The summed E-state index contributed by atoms with van der Waals surface area (Å²) in [7, 11) is 0. The van der Waals surface area contributed by atoms with Gasteiger partial charge in [-0.1, -0.05) is 86.6 Å². The second-order valence-electron chi connectivity index (χ2n) is 7.88. The summed E-state index contributed by atoms with van der Waals surface area (Å²) in [6.07, 6.45) is 0. The monoisotopic (exact) mass is 361 g/mol. The van der Waals surface area contributed by atoms with Gasteiger partial charge in [0.15, 0.2) is 0 Å². The van der Waals surface area contributed by atoms with E-state index < -0.39 is 0 Å². The smallest absolute Gasteiger partial charge is 0.0750 e. The van der Waals surface area contributed by atoms with Crippen LogP contribution < -0.4 is 0 Å². The lowest BCUT2D eigenvalue weighted by Gasteiger charge is -2.17. The molecule has 0 bridgehead atoms. The Morgan fingerprint density at radius 2 is 1.43 bits per heavy atom. The molecule has 0 atom stereocenters. The summed E-state index contributed by atoms with van der Waals surface area (Å²) in [5.74, 6) is 0.430. The van der Waals surface area contributed by atoms with Crippen LogP contribution in [0.5, 0.6) is 0 Å². The van der Waals surface area contributed by atoms with Gasteiger partial charge in [-0.15, -0.1) is 0 Å². The molecular weight excluding hydrogens is 338 g/mol. The molecule has 4 aromatic carbocycles. The predicted octanol–water partition coefficient (Wildman–Crippen LogP) is 7.64. The molecule has 1 heterocycles. The van der Waals surface area contributed by atoms with Crippen LogP contribution in [-0.2, 0) is 0 Å². The lowest BCUT2D eigenvalue weighted by atomic mass is 9.89. The lowest BCUT2D eigenvalue weighted by Crippen LogP contribution is -1.96. The molecule has 0 fully saturated rings. The number of hydrogen-bond acceptors (Lipinski definition) is 1. The number of pyridine rings is 1. The summed E-state index contributed by atoms with van der Waals surface area (Å²) in [5, 5.41) is 5.07. The van der Waals surface area contributed by atoms with Crippen LogP contribution in [0, 0.1) is 6.92 Å². The van der Waals surface area contributed by atoms with Crippen LogP contribution in [0.15, 0.2) is 78.9 Å². The third-order valence-corrected chi connectivity index (χ3v) is 5.75. The maximum absolute atomic E-state index is 5.09. The molecule has 0 aliphatic rings. The SMILES string of the molecule is Cc1cccc2cccc(-c3c4ccccc4nc4c(C(C)C)cccc34)c12. The molecule has 0 amide bonds. The van der Waals surface area contributed by atoms with Crippen molar-refractivity contribution in [2.75, 3.05) is 0 Å². The summed E-state index contributed by atoms with van der Waals surface area (Å²) in [5.41, 5.74) is 7.38. The van der Waals surface area contributed by atoms with Crippen molar-refractivity contribution in [2.24, 2.45) is 0 Å². The normalized spacial score (nSPS) is 11.7. The molecule has 0 radical (unpaired) electrons. The molecular formula is C27H23N. The van der Waals surface area contributed by atoms with Crippen molar-refractivity contribution in [1.29, 1.82) is 0 Å². The van der Waals surface area contributed by atoms with Crippen LogP contribution in [0.25, 0.3) is 43.7 Å². The zero-order valence-electron chi connectivity index (χ0n) is 16.5. The van der Waals surface area contributed by atoms with Gasteiger partial charge in [0.25, 0.3) is 0 Å². The number of fused-ring (bicyclic) bond motifs is 3. The summed E-state index contributed by atoms with van der Waals surface area (Å²) in [6, 6.07) is 28.3. The number of nitrogens with zero attached hydrogens (tertiary/aromatic N) is 1. The van der Waals surface area contributed by atoms with Crippen molar-refractivity contribution < 1.29 is 0 Å². The molecule has 0 saturated carbocycles. The van der Waals surface area contributed by atoms with E-state index >= 15 is 0 Å². The van der Waals surface area contributed by atoms with Gasteiger partial charge in [0.05, 0.1) is 11.0 Å². The Morgan fingerprint density at radius 3 is 2.25 bits per heavy atom. The van der Waals surface area contributed by atoms with Crippen LogP contribution >= 0.6 is 0 Å². The van der Waals surface area contributed by atoms with Gasteiger partial charge in [0.2, 0.25) is 0 Å². The van der Waals surface area contributed by atoms with Gasteiger partial charge in [0.1, 0.15) is 0 Å². The maximum atomic E-state index is 5.09. The Morgan fingerprint density at radius 1 is 0.714 bits per heavy atom. The van der Waals surface area contributed by atoms with E-state index in [2.05, 4.69) is 99.6 Å². The number of rotatable bonds is 2. The van der Waals surface area contributed by atoms with E-state index in [1.54, 1.807) is 0 Å². The molecule has 0 aliphatic heterocycles. The van der Waals surface area contributed by atoms with E-state index in [0.29, 0.717) is 5.92 Å². The molecule has 0 unspecified atom stereocenters. The van der Waals surface area contributed by atoms with Crippen molar-refractivity contribution in [3.63, 3.8) is 0 Å². The largest absolute Gasteiger partial charge is 0.247 e. The van der Waals surface area contributed by atoms with Gasteiger partial charge in [-0.05, 0) is 46.4 Å². The Labute approximate surface area is 165 Å². The average molecular weight is 361 g/mol. The van der Waals surface area contributed by atoms with E-state index in [-0.39, 0.29) is 0 Å². The highest BCUT2D eigenvalue weighted by atomic mass is 14.7. The Balaban J connectivity index is 2.04. The molecule has 0 N–H and O–H groups in total. The Bertz CT molecular complexity index is 1340. The minimum Gasteiger partial charge on any atom is -0.247 e. The van der Waals surface area contributed by atoms with Crippen LogP contribution in [0.4, 0.5) is 0 Å². The highest BCUT2D eigenvalue weighted by molar-refractivity contribution is 6.15. The zero-order valence-corrected chi connectivity index (χ0v) is 16.5. The van der Waals surface area contributed by atoms with Crippen molar-refractivity contribution in [1.82, 2.24) is 4.98 Å². The number of para-hydroxylation sites is 2. The summed E-state index contributed by atoms with van der Waals surface area (Å²) in [4.78, 5) is 5.09. The van der Waals surface area contributed by atoms with Gasteiger partial charge in [-0.25, -0.2) is 4.98 Å². The van der Waals surface area contributed by atoms with E-state index in [0.717, 1.165) is 11.0 Å². The fraction of sp³-hybridized carbons (Fsp3) is 0.148. The molecule has 28 heavy (non-hydrogen) atoms. The van der Waals surface area contributed by atoms with E-state index in [1.165, 1.54) is 43.8 Å². The van der Waals surface area contributed by atoms with Crippen molar-refractivity contribution in [2.45, 2.75) is 26.7 Å². The molecule has 1 heteroatoms. The minimum atomic E-state index is 0.430. The first-order valence-corrected chi connectivity index (χ1v) is 9.95. The standard InChI is InChI=1S/C27H23N/c1-17(2)20-13-8-15-23-26(21-12-4-5-16-24(21)28-27(20)23)22-14-7-11-19-10-6-9-18(3)25(19)22/h4-17H,1-3H3. The molecule has 136 valence electrons. The first-order chi connectivity index (χ1) is 13.6. The number of aryl methyl sites for hydroxylation is 1. The molecule has 0 spiro atoms. The van der Waals surface area contributed by atoms with Crippen LogP contribution in [0.3, 0.4) is 0 Å². The maximum Gasteiger partial charge on any atom is 0.0750 e. The molecule has 5 rings (SSSR count). The third-order valence-electron chi connectivity index (χ3n) is 5.75. The minimum absolute atomic E-state index is 0.430. The number of benzene rings is 4. The predicted molar refractivity (Wildman–Crippen MR) is 121 cm³/mol. The average Bonchev–Trinajstić information content (AvgIpc) is 2.71. The molecule has 5 aromatic rings. The summed E-state index contributed by atoms with van der Waals surface area (Å²) < 4.78 is 0. The number of hydrogen-bond donors (Lipinski definition) is 0. The molecule has 0 saturated heterocycles. The van der Waals surface area contributed by atoms with Crippen LogP contribution in [0.1, 0.15) is 30.9 Å². The first kappa shape index (κ1) is 16.9. The fourth-order valence-electron chi connectivity index (χ4n) is 4.43. The van der Waals surface area contributed by atoms with Gasteiger partial charge in [-0.2, -0.15) is 0 Å². The first-order valence-electron chi connectivity index (χ1n) is 9.95. The highest BCUT2D eigenvalue weighted by Gasteiger charge is 2.16. The van der Waals surface area contributed by atoms with Crippen LogP contribution in [-0.4, -0.2) is 4.98 Å². The molecule has 1 aromatic heterocycles. The third kappa shape index (κ3) is 2.51. The molecule has 1 nitrogen and oxygen atoms in total. The summed E-state index contributed by atoms with van der Waals surface area (Å²) in [6.45, 7) is 6.69. The fourth-order valence-corrected chi connectivity index (χ4v) is 4.43. The van der Waals surface area contributed by atoms with Crippen molar-refractivity contribution >= 4 is 32.6 Å². The van der Waals surface area contributed by atoms with Gasteiger partial charge >= 0.3 is 0 Å². The summed E-state index contributed by atoms with van der Waals surface area (Å²) >= 11 is 0. The highest BCUT2D eigenvalue weighted by Crippen LogP contribution is 2.40. The van der Waals surface area contributed by atoms with Crippen molar-refractivity contribution in [3.8, 4) is 11.1 Å². The molecule has 0 aliphatic carbocycles. The zero-order chi connectivity index (χ0) is 19.3. The van der Waals surface area contributed by atoms with Gasteiger partial charge in [-0.3, -0.25) is 0 Å². The van der Waals surface area contributed by atoms with E-state index in [1.807, 2.05) is 0 Å². The topological polar surface area (TPSA) is 12.9 Å². The second kappa shape index (κ2) is 6.45. The van der Waals surface area contributed by atoms with E-state index in [9.17, 15) is 0 Å².